The highest BCUT2D eigenvalue weighted by Gasteiger charge is 2.22. The van der Waals surface area contributed by atoms with Gasteiger partial charge in [-0.1, -0.05) is 30.3 Å². The Hall–Kier alpha value is -2.02. The number of benzene rings is 1. The van der Waals surface area contributed by atoms with Crippen LogP contribution in [0.1, 0.15) is 0 Å². The Bertz CT molecular complexity index is 812. The second-order valence-corrected chi connectivity index (χ2v) is 7.13. The molecule has 1 saturated heterocycles. The van der Waals surface area contributed by atoms with Crippen LogP contribution in [0, 0.1) is 0 Å². The summed E-state index contributed by atoms with van der Waals surface area (Å²) < 4.78 is 0. The smallest absolute Gasteiger partial charge is 0.141 e. The van der Waals surface area contributed by atoms with Crippen LogP contribution in [0.2, 0.25) is 0 Å². The third kappa shape index (κ3) is 3.00. The first-order valence-corrected chi connectivity index (χ1v) is 9.16. The van der Waals surface area contributed by atoms with E-state index in [0.717, 1.165) is 48.8 Å². The molecule has 2 aromatic heterocycles. The molecule has 6 heteroatoms. The van der Waals surface area contributed by atoms with Gasteiger partial charge in [-0.05, 0) is 11.6 Å². The summed E-state index contributed by atoms with van der Waals surface area (Å²) in [6.07, 6.45) is 1.68. The first kappa shape index (κ1) is 15.5. The summed E-state index contributed by atoms with van der Waals surface area (Å²) in [5.41, 5.74) is 1.23. The maximum atomic E-state index is 9.10. The average Bonchev–Trinajstić information content (AvgIpc) is 3.08. The predicted molar refractivity (Wildman–Crippen MR) is 97.7 cm³/mol. The fourth-order valence-corrected chi connectivity index (χ4v) is 4.28. The van der Waals surface area contributed by atoms with E-state index in [9.17, 15) is 0 Å². The molecule has 1 aromatic carbocycles. The summed E-state index contributed by atoms with van der Waals surface area (Å²) in [5, 5.41) is 10.2. The number of anilines is 1. The highest BCUT2D eigenvalue weighted by Crippen LogP contribution is 2.35. The lowest BCUT2D eigenvalue weighted by Gasteiger charge is -2.32. The Morgan fingerprint density at radius 2 is 1.92 bits per heavy atom. The third-order valence-corrected chi connectivity index (χ3v) is 5.69. The highest BCUT2D eigenvalue weighted by molar-refractivity contribution is 7.21. The molecule has 0 spiro atoms. The number of fused-ring (bicyclic) bond motifs is 1. The minimum Gasteiger partial charge on any atom is -0.391 e. The van der Waals surface area contributed by atoms with Gasteiger partial charge in [0.25, 0.3) is 0 Å². The molecule has 1 aliphatic heterocycles. The van der Waals surface area contributed by atoms with Gasteiger partial charge < -0.3 is 14.9 Å². The minimum atomic E-state index is 0.262. The zero-order valence-corrected chi connectivity index (χ0v) is 14.3. The molecule has 1 aliphatic rings. The van der Waals surface area contributed by atoms with Crippen LogP contribution in [-0.4, -0.2) is 54.4 Å². The molecule has 124 valence electrons. The summed E-state index contributed by atoms with van der Waals surface area (Å²) in [7, 11) is 0. The Balaban J connectivity index is 1.63. The van der Waals surface area contributed by atoms with Crippen LogP contribution >= 0.6 is 11.3 Å². The van der Waals surface area contributed by atoms with E-state index in [1.807, 2.05) is 6.07 Å². The van der Waals surface area contributed by atoms with Gasteiger partial charge in [0.15, 0.2) is 0 Å². The van der Waals surface area contributed by atoms with Crippen molar-refractivity contribution < 1.29 is 10.0 Å². The van der Waals surface area contributed by atoms with Gasteiger partial charge in [0.1, 0.15) is 23.5 Å². The fraction of sp³-hybridized carbons (Fsp3) is 0.333. The monoisotopic (exact) mass is 341 g/mol. The number of hydrogen-bond donors (Lipinski definition) is 2. The zero-order chi connectivity index (χ0) is 16.4. The highest BCUT2D eigenvalue weighted by atomic mass is 32.1. The molecule has 24 heavy (non-hydrogen) atoms. The van der Waals surface area contributed by atoms with Gasteiger partial charge in [0.2, 0.25) is 0 Å². The zero-order valence-electron chi connectivity index (χ0n) is 13.5. The second kappa shape index (κ2) is 6.84. The quantitative estimate of drug-likeness (QED) is 0.745. The van der Waals surface area contributed by atoms with Crippen molar-refractivity contribution in [2.75, 3.05) is 44.2 Å². The molecule has 0 saturated carbocycles. The number of nitrogens with one attached hydrogen (secondary N) is 1. The number of aliphatic hydroxyl groups is 1. The summed E-state index contributed by atoms with van der Waals surface area (Å²) in [6.45, 7) is 5.13. The second-order valence-electron chi connectivity index (χ2n) is 6.10. The largest absolute Gasteiger partial charge is 0.391 e. The van der Waals surface area contributed by atoms with E-state index in [1.54, 1.807) is 17.7 Å². The number of aromatic nitrogens is 2. The Kier molecular flexibility index (Phi) is 4.42. The van der Waals surface area contributed by atoms with Crippen LogP contribution in [-0.2, 0) is 0 Å². The van der Waals surface area contributed by atoms with Crippen molar-refractivity contribution >= 4 is 27.4 Å². The summed E-state index contributed by atoms with van der Waals surface area (Å²) >= 11 is 1.72. The predicted octanol–water partition coefficient (Wildman–Crippen LogP) is 1.06. The number of rotatable bonds is 4. The third-order valence-electron chi connectivity index (χ3n) is 4.60. The van der Waals surface area contributed by atoms with Crippen LogP contribution in [0.4, 0.5) is 5.82 Å². The number of nitrogens with zero attached hydrogens (tertiary/aromatic N) is 3. The topological polar surface area (TPSA) is 53.7 Å². The molecule has 3 aromatic rings. The first-order valence-electron chi connectivity index (χ1n) is 8.34. The molecule has 0 atom stereocenters. The van der Waals surface area contributed by atoms with Crippen LogP contribution in [0.5, 0.6) is 0 Å². The SMILES string of the molecule is OCC[NH+]1CCN(c2ncnc3sc(-c4ccccc4)cc23)CC1. The molecule has 0 radical (unpaired) electrons. The number of thiophene rings is 1. The summed E-state index contributed by atoms with van der Waals surface area (Å²) in [5.74, 6) is 1.04. The molecule has 0 aliphatic carbocycles. The van der Waals surface area contributed by atoms with E-state index < -0.39 is 0 Å². The summed E-state index contributed by atoms with van der Waals surface area (Å²) in [6, 6.07) is 12.7. The molecular weight excluding hydrogens is 320 g/mol. The molecule has 4 rings (SSSR count). The van der Waals surface area contributed by atoms with Crippen LogP contribution < -0.4 is 9.80 Å². The van der Waals surface area contributed by atoms with Crippen molar-refractivity contribution in [3.05, 3.63) is 42.7 Å². The van der Waals surface area contributed by atoms with E-state index in [4.69, 9.17) is 5.11 Å². The van der Waals surface area contributed by atoms with E-state index in [1.165, 1.54) is 15.3 Å². The van der Waals surface area contributed by atoms with Crippen LogP contribution in [0.3, 0.4) is 0 Å². The standard InChI is InChI=1S/C18H20N4OS/c23-11-10-21-6-8-22(9-7-21)17-15-12-16(14-4-2-1-3-5-14)24-18(15)20-13-19-17/h1-5,12-13,23H,6-11H2/p+1. The Morgan fingerprint density at radius 3 is 2.67 bits per heavy atom. The molecule has 0 unspecified atom stereocenters. The van der Waals surface area contributed by atoms with E-state index in [-0.39, 0.29) is 6.61 Å². The normalized spacial score (nSPS) is 16.0. The van der Waals surface area contributed by atoms with Gasteiger partial charge in [0, 0.05) is 4.88 Å². The van der Waals surface area contributed by atoms with Gasteiger partial charge in [-0.25, -0.2) is 9.97 Å². The number of aliphatic hydroxyl groups excluding tert-OH is 1. The molecule has 0 amide bonds. The van der Waals surface area contributed by atoms with Crippen LogP contribution in [0.25, 0.3) is 20.7 Å². The number of piperazine rings is 1. The van der Waals surface area contributed by atoms with E-state index in [0.29, 0.717) is 0 Å². The van der Waals surface area contributed by atoms with Crippen molar-refractivity contribution in [1.29, 1.82) is 0 Å². The van der Waals surface area contributed by atoms with Gasteiger partial charge in [-0.2, -0.15) is 0 Å². The maximum Gasteiger partial charge on any atom is 0.141 e. The molecule has 2 N–H and O–H groups in total. The fourth-order valence-electron chi connectivity index (χ4n) is 3.28. The molecule has 1 fully saturated rings. The lowest BCUT2D eigenvalue weighted by molar-refractivity contribution is -0.900. The van der Waals surface area contributed by atoms with Crippen molar-refractivity contribution in [3.8, 4) is 10.4 Å². The molecule has 3 heterocycles. The Morgan fingerprint density at radius 1 is 1.12 bits per heavy atom. The maximum absolute atomic E-state index is 9.10. The first-order chi connectivity index (χ1) is 11.8. The van der Waals surface area contributed by atoms with Gasteiger partial charge >= 0.3 is 0 Å². The van der Waals surface area contributed by atoms with Crippen molar-refractivity contribution in [2.45, 2.75) is 0 Å². The van der Waals surface area contributed by atoms with Crippen molar-refractivity contribution in [2.24, 2.45) is 0 Å². The number of quaternary nitrogens is 1. The van der Waals surface area contributed by atoms with Crippen molar-refractivity contribution in [3.63, 3.8) is 0 Å². The van der Waals surface area contributed by atoms with Gasteiger partial charge in [0.05, 0.1) is 38.2 Å². The number of hydrogen-bond acceptors (Lipinski definition) is 5. The van der Waals surface area contributed by atoms with Gasteiger partial charge in [-0.3, -0.25) is 0 Å². The molecular formula is C18H21N4OS+. The molecule has 0 bridgehead atoms. The van der Waals surface area contributed by atoms with Gasteiger partial charge in [-0.15, -0.1) is 11.3 Å². The van der Waals surface area contributed by atoms with Crippen molar-refractivity contribution in [1.82, 2.24) is 9.97 Å². The lowest BCUT2D eigenvalue weighted by atomic mass is 10.2. The lowest BCUT2D eigenvalue weighted by Crippen LogP contribution is -3.15. The van der Waals surface area contributed by atoms with Crippen LogP contribution in [0.15, 0.2) is 42.7 Å². The van der Waals surface area contributed by atoms with E-state index >= 15 is 0 Å². The molecule has 5 nitrogen and oxygen atoms in total. The Labute approximate surface area is 145 Å². The minimum absolute atomic E-state index is 0.262. The average molecular weight is 341 g/mol. The van der Waals surface area contributed by atoms with E-state index in [2.05, 4.69) is 45.2 Å². The summed E-state index contributed by atoms with van der Waals surface area (Å²) in [4.78, 5) is 15.1.